The molecule has 4 heteroatoms. The van der Waals surface area contributed by atoms with Gasteiger partial charge < -0.3 is 14.8 Å². The van der Waals surface area contributed by atoms with Crippen molar-refractivity contribution in [3.8, 4) is 5.75 Å². The first-order valence-electron chi connectivity index (χ1n) is 5.00. The van der Waals surface area contributed by atoms with Crippen molar-refractivity contribution >= 4 is 11.6 Å². The van der Waals surface area contributed by atoms with Crippen LogP contribution in [0.4, 0.5) is 5.69 Å². The molecule has 0 unspecified atom stereocenters. The van der Waals surface area contributed by atoms with Crippen molar-refractivity contribution in [1.29, 1.82) is 0 Å². The van der Waals surface area contributed by atoms with Gasteiger partial charge in [0.1, 0.15) is 5.75 Å². The quantitative estimate of drug-likeness (QED) is 0.612. The molecule has 0 heterocycles. The number of methoxy groups -OCH3 is 1. The van der Waals surface area contributed by atoms with Crippen LogP contribution in [0.1, 0.15) is 6.92 Å². The van der Waals surface area contributed by atoms with Crippen LogP contribution in [0.15, 0.2) is 36.6 Å². The number of ether oxygens (including phenoxy) is 2. The lowest BCUT2D eigenvalue weighted by Gasteiger charge is -2.07. The molecule has 0 saturated carbocycles. The summed E-state index contributed by atoms with van der Waals surface area (Å²) in [6.45, 7) is 2.39. The third-order valence-corrected chi connectivity index (χ3v) is 1.85. The Bertz CT molecular complexity index is 374. The predicted molar refractivity (Wildman–Crippen MR) is 62.4 cm³/mol. The van der Waals surface area contributed by atoms with Gasteiger partial charge in [0.15, 0.2) is 0 Å². The smallest absolute Gasteiger partial charge is 0.251 e. The van der Waals surface area contributed by atoms with Crippen LogP contribution >= 0.6 is 0 Å². The highest BCUT2D eigenvalue weighted by atomic mass is 16.5. The monoisotopic (exact) mass is 221 g/mol. The van der Waals surface area contributed by atoms with E-state index in [1.165, 1.54) is 12.3 Å². The molecule has 0 atom stereocenters. The second-order valence-corrected chi connectivity index (χ2v) is 2.95. The van der Waals surface area contributed by atoms with Gasteiger partial charge in [0.2, 0.25) is 0 Å². The van der Waals surface area contributed by atoms with Crippen molar-refractivity contribution in [3.63, 3.8) is 0 Å². The van der Waals surface area contributed by atoms with E-state index >= 15 is 0 Å². The molecule has 86 valence electrons. The Morgan fingerprint density at radius 3 is 2.88 bits per heavy atom. The number of hydrogen-bond acceptors (Lipinski definition) is 3. The first-order valence-corrected chi connectivity index (χ1v) is 5.00. The number of anilines is 1. The molecule has 1 aromatic rings. The normalized spacial score (nSPS) is 10.1. The molecule has 0 bridgehead atoms. The summed E-state index contributed by atoms with van der Waals surface area (Å²) in [4.78, 5) is 11.4. The van der Waals surface area contributed by atoms with Crippen molar-refractivity contribution in [3.05, 3.63) is 36.6 Å². The summed E-state index contributed by atoms with van der Waals surface area (Å²) in [5, 5.41) is 2.69. The Morgan fingerprint density at radius 2 is 2.19 bits per heavy atom. The molecular weight excluding hydrogens is 206 g/mol. The average molecular weight is 221 g/mol. The van der Waals surface area contributed by atoms with Crippen LogP contribution in [-0.2, 0) is 9.53 Å². The number of rotatable bonds is 5. The average Bonchev–Trinajstić information content (AvgIpc) is 2.30. The highest BCUT2D eigenvalue weighted by molar-refractivity contribution is 6.00. The van der Waals surface area contributed by atoms with Crippen molar-refractivity contribution in [2.24, 2.45) is 0 Å². The predicted octanol–water partition coefficient (Wildman–Crippen LogP) is 2.18. The molecule has 0 fully saturated rings. The maximum Gasteiger partial charge on any atom is 0.251 e. The van der Waals surface area contributed by atoms with Gasteiger partial charge in [-0.15, -0.1) is 0 Å². The largest absolute Gasteiger partial charge is 0.501 e. The van der Waals surface area contributed by atoms with E-state index in [4.69, 9.17) is 9.47 Å². The van der Waals surface area contributed by atoms with Crippen molar-refractivity contribution in [2.75, 3.05) is 19.0 Å². The molecule has 1 amide bonds. The molecule has 1 aromatic carbocycles. The van der Waals surface area contributed by atoms with Gasteiger partial charge in [-0.2, -0.15) is 0 Å². The lowest BCUT2D eigenvalue weighted by atomic mass is 10.3. The van der Waals surface area contributed by atoms with Crippen molar-refractivity contribution in [1.82, 2.24) is 0 Å². The van der Waals surface area contributed by atoms with Gasteiger partial charge in [0, 0.05) is 6.08 Å². The van der Waals surface area contributed by atoms with Gasteiger partial charge in [-0.25, -0.2) is 0 Å². The van der Waals surface area contributed by atoms with Gasteiger partial charge in [0.25, 0.3) is 5.91 Å². The lowest BCUT2D eigenvalue weighted by Crippen LogP contribution is -2.09. The summed E-state index contributed by atoms with van der Waals surface area (Å²) in [7, 11) is 1.56. The van der Waals surface area contributed by atoms with E-state index < -0.39 is 0 Å². The minimum absolute atomic E-state index is 0.252. The zero-order valence-corrected chi connectivity index (χ0v) is 9.40. The van der Waals surface area contributed by atoms with E-state index in [1.54, 1.807) is 19.2 Å². The molecule has 16 heavy (non-hydrogen) atoms. The van der Waals surface area contributed by atoms with Crippen molar-refractivity contribution < 1.29 is 14.3 Å². The topological polar surface area (TPSA) is 47.6 Å². The molecule has 0 aliphatic carbocycles. The zero-order chi connectivity index (χ0) is 11.8. The Hall–Kier alpha value is -1.97. The fourth-order valence-corrected chi connectivity index (χ4v) is 1.13. The van der Waals surface area contributed by atoms with Crippen LogP contribution < -0.4 is 10.1 Å². The van der Waals surface area contributed by atoms with Crippen LogP contribution in [0.25, 0.3) is 0 Å². The molecule has 0 aliphatic rings. The maximum atomic E-state index is 11.4. The van der Waals surface area contributed by atoms with Crippen LogP contribution in [0, 0.1) is 0 Å². The van der Waals surface area contributed by atoms with Gasteiger partial charge in [-0.3, -0.25) is 4.79 Å². The number of nitrogens with one attached hydrogen (secondary N) is 1. The SMILES string of the molecule is CCOC=CC(=O)Nc1ccccc1OC. The minimum Gasteiger partial charge on any atom is -0.501 e. The number of benzene rings is 1. The highest BCUT2D eigenvalue weighted by Gasteiger charge is 2.03. The second-order valence-electron chi connectivity index (χ2n) is 2.95. The fourth-order valence-electron chi connectivity index (χ4n) is 1.13. The van der Waals surface area contributed by atoms with E-state index in [9.17, 15) is 4.79 Å². The molecule has 0 radical (unpaired) electrons. The van der Waals surface area contributed by atoms with Crippen LogP contribution in [0.5, 0.6) is 5.75 Å². The van der Waals surface area contributed by atoms with Gasteiger partial charge in [0.05, 0.1) is 25.7 Å². The first kappa shape index (κ1) is 12.1. The Morgan fingerprint density at radius 1 is 1.44 bits per heavy atom. The zero-order valence-electron chi connectivity index (χ0n) is 9.40. The van der Waals surface area contributed by atoms with E-state index in [0.717, 1.165) is 0 Å². The summed E-state index contributed by atoms with van der Waals surface area (Å²) < 4.78 is 10.0. The van der Waals surface area contributed by atoms with E-state index in [2.05, 4.69) is 5.32 Å². The van der Waals surface area contributed by atoms with E-state index in [1.807, 2.05) is 19.1 Å². The summed E-state index contributed by atoms with van der Waals surface area (Å²) in [5.41, 5.74) is 0.635. The summed E-state index contributed by atoms with van der Waals surface area (Å²) in [6.07, 6.45) is 2.70. The third-order valence-electron chi connectivity index (χ3n) is 1.85. The molecule has 0 spiro atoms. The molecule has 0 aromatic heterocycles. The van der Waals surface area contributed by atoms with Gasteiger partial charge in [-0.1, -0.05) is 12.1 Å². The summed E-state index contributed by atoms with van der Waals surface area (Å²) >= 11 is 0. The fraction of sp³-hybridized carbons (Fsp3) is 0.250. The summed E-state index contributed by atoms with van der Waals surface area (Å²) in [5.74, 6) is 0.374. The Kier molecular flexibility index (Phi) is 4.92. The van der Waals surface area contributed by atoms with E-state index in [0.29, 0.717) is 18.0 Å². The Balaban J connectivity index is 2.62. The number of para-hydroxylation sites is 2. The number of hydrogen-bond donors (Lipinski definition) is 1. The molecule has 1 N–H and O–H groups in total. The van der Waals surface area contributed by atoms with Gasteiger partial charge >= 0.3 is 0 Å². The number of carbonyl (C=O) groups excluding carboxylic acids is 1. The molecule has 0 aliphatic heterocycles. The summed E-state index contributed by atoms with van der Waals surface area (Å²) in [6, 6.07) is 7.21. The van der Waals surface area contributed by atoms with Crippen LogP contribution in [0.3, 0.4) is 0 Å². The Labute approximate surface area is 94.9 Å². The van der Waals surface area contributed by atoms with E-state index in [-0.39, 0.29) is 5.91 Å². The van der Waals surface area contributed by atoms with Crippen LogP contribution in [0.2, 0.25) is 0 Å². The molecule has 1 rings (SSSR count). The molecule has 4 nitrogen and oxygen atoms in total. The molecular formula is C12H15NO3. The highest BCUT2D eigenvalue weighted by Crippen LogP contribution is 2.22. The standard InChI is InChI=1S/C12H15NO3/c1-3-16-9-8-12(14)13-10-6-4-5-7-11(10)15-2/h4-9H,3H2,1-2H3,(H,13,14). The van der Waals surface area contributed by atoms with Crippen LogP contribution in [-0.4, -0.2) is 19.6 Å². The lowest BCUT2D eigenvalue weighted by molar-refractivity contribution is -0.112. The first-order chi connectivity index (χ1) is 7.77. The second kappa shape index (κ2) is 6.50. The minimum atomic E-state index is -0.252. The number of carbonyl (C=O) groups is 1. The van der Waals surface area contributed by atoms with Gasteiger partial charge in [-0.05, 0) is 19.1 Å². The number of amides is 1. The third kappa shape index (κ3) is 3.65. The maximum absolute atomic E-state index is 11.4. The van der Waals surface area contributed by atoms with Crippen molar-refractivity contribution in [2.45, 2.75) is 6.92 Å². The molecule has 0 saturated heterocycles.